The zero-order valence-corrected chi connectivity index (χ0v) is 21.1. The molecule has 9 heteroatoms. The summed E-state index contributed by atoms with van der Waals surface area (Å²) in [6.45, 7) is 3.13. The first-order valence-electron chi connectivity index (χ1n) is 12.5. The average molecular weight is 505 g/mol. The van der Waals surface area contributed by atoms with Gasteiger partial charge in [0.25, 0.3) is 0 Å². The quantitative estimate of drug-likeness (QED) is 0.347. The van der Waals surface area contributed by atoms with Crippen LogP contribution in [0.4, 0.5) is 16.0 Å². The van der Waals surface area contributed by atoms with Crippen molar-refractivity contribution in [2.24, 2.45) is 0 Å². The highest BCUT2D eigenvalue weighted by Gasteiger charge is 2.23. The van der Waals surface area contributed by atoms with Gasteiger partial charge in [-0.15, -0.1) is 11.8 Å². The summed E-state index contributed by atoms with van der Waals surface area (Å²) >= 11 is 1.65. The summed E-state index contributed by atoms with van der Waals surface area (Å²) in [5.41, 5.74) is 5.44. The Kier molecular flexibility index (Phi) is 6.50. The van der Waals surface area contributed by atoms with Gasteiger partial charge in [-0.2, -0.15) is 5.10 Å². The fraction of sp³-hybridized carbons (Fsp3) is 0.370. The molecule has 6 rings (SSSR count). The van der Waals surface area contributed by atoms with Crippen molar-refractivity contribution in [3.63, 3.8) is 0 Å². The van der Waals surface area contributed by atoms with E-state index in [0.29, 0.717) is 12.0 Å². The molecule has 0 bridgehead atoms. The van der Waals surface area contributed by atoms with Gasteiger partial charge in [0.05, 0.1) is 30.0 Å². The maximum absolute atomic E-state index is 13.8. The standard InChI is InChI=1S/C27H29FN6OS/c1-36-24-17-21(33-12-14-35-15-13-33)16-23-25(26(32-34(23)24)18-6-8-19(28)9-7-18)22-10-11-29-27(31-22)30-20-4-2-3-5-20/h6-11,16-17,20H,2-5,12-15H2,1H3,(H,29,30,31). The van der Waals surface area contributed by atoms with Gasteiger partial charge in [-0.1, -0.05) is 12.8 Å². The van der Waals surface area contributed by atoms with Crippen molar-refractivity contribution < 1.29 is 9.13 Å². The van der Waals surface area contributed by atoms with E-state index in [0.717, 1.165) is 77.9 Å². The summed E-state index contributed by atoms with van der Waals surface area (Å²) in [4.78, 5) is 11.8. The van der Waals surface area contributed by atoms with Crippen molar-refractivity contribution in [2.45, 2.75) is 36.8 Å². The molecular weight excluding hydrogens is 475 g/mol. The third-order valence-corrected chi connectivity index (χ3v) is 7.70. The summed E-state index contributed by atoms with van der Waals surface area (Å²) in [5.74, 6) is 0.367. The number of hydrogen-bond acceptors (Lipinski definition) is 7. The molecule has 7 nitrogen and oxygen atoms in total. The lowest BCUT2D eigenvalue weighted by Gasteiger charge is -2.29. The molecule has 0 spiro atoms. The van der Waals surface area contributed by atoms with Gasteiger partial charge in [0.2, 0.25) is 5.95 Å². The second kappa shape index (κ2) is 10.1. The summed E-state index contributed by atoms with van der Waals surface area (Å²) in [5, 5.41) is 9.58. The minimum absolute atomic E-state index is 0.270. The zero-order valence-electron chi connectivity index (χ0n) is 20.3. The molecule has 0 amide bonds. The van der Waals surface area contributed by atoms with Crippen LogP contribution in [-0.4, -0.2) is 58.2 Å². The molecule has 1 N–H and O–H groups in total. The Hall–Kier alpha value is -3.17. The van der Waals surface area contributed by atoms with Crippen molar-refractivity contribution in [3.8, 4) is 22.5 Å². The van der Waals surface area contributed by atoms with Gasteiger partial charge in [0, 0.05) is 36.6 Å². The molecule has 1 aliphatic carbocycles. The summed E-state index contributed by atoms with van der Waals surface area (Å²) < 4.78 is 21.3. The van der Waals surface area contributed by atoms with E-state index in [2.05, 4.69) is 33.6 Å². The SMILES string of the molecule is CSc1cc(N2CCOCC2)cc2c(-c3ccnc(NC4CCCC4)n3)c(-c3ccc(F)cc3)nn12. The number of fused-ring (bicyclic) bond motifs is 1. The van der Waals surface area contributed by atoms with E-state index in [-0.39, 0.29) is 5.82 Å². The number of halogens is 1. The Morgan fingerprint density at radius 2 is 1.83 bits per heavy atom. The predicted octanol–water partition coefficient (Wildman–Crippen LogP) is 5.51. The Morgan fingerprint density at radius 1 is 1.06 bits per heavy atom. The van der Waals surface area contributed by atoms with Crippen molar-refractivity contribution in [2.75, 3.05) is 42.8 Å². The molecule has 4 aromatic rings. The average Bonchev–Trinajstić information content (AvgIpc) is 3.57. The van der Waals surface area contributed by atoms with Crippen LogP contribution < -0.4 is 10.2 Å². The lowest BCUT2D eigenvalue weighted by Crippen LogP contribution is -2.36. The zero-order chi connectivity index (χ0) is 24.5. The number of aromatic nitrogens is 4. The van der Waals surface area contributed by atoms with Gasteiger partial charge in [-0.05, 0) is 61.6 Å². The molecule has 1 aromatic carbocycles. The predicted molar refractivity (Wildman–Crippen MR) is 142 cm³/mol. The summed E-state index contributed by atoms with van der Waals surface area (Å²) in [6, 6.07) is 13.2. The number of thioether (sulfide) groups is 1. The molecular formula is C27H29FN6OS. The fourth-order valence-electron chi connectivity index (χ4n) is 5.13. The monoisotopic (exact) mass is 504 g/mol. The van der Waals surface area contributed by atoms with E-state index < -0.39 is 0 Å². The lowest BCUT2D eigenvalue weighted by molar-refractivity contribution is 0.122. The number of nitrogens with one attached hydrogen (secondary N) is 1. The first-order valence-corrected chi connectivity index (χ1v) is 13.7. The van der Waals surface area contributed by atoms with Crippen molar-refractivity contribution in [1.29, 1.82) is 0 Å². The molecule has 2 aliphatic rings. The molecule has 0 atom stereocenters. The molecule has 36 heavy (non-hydrogen) atoms. The fourth-order valence-corrected chi connectivity index (χ4v) is 5.68. The maximum atomic E-state index is 13.8. The third kappa shape index (κ3) is 4.53. The maximum Gasteiger partial charge on any atom is 0.223 e. The van der Waals surface area contributed by atoms with Gasteiger partial charge in [-0.25, -0.2) is 18.9 Å². The number of morpholine rings is 1. The highest BCUT2D eigenvalue weighted by Crippen LogP contribution is 2.38. The van der Waals surface area contributed by atoms with Crippen LogP contribution in [0, 0.1) is 5.82 Å². The van der Waals surface area contributed by atoms with Crippen LogP contribution in [0.3, 0.4) is 0 Å². The number of pyridine rings is 1. The first kappa shape index (κ1) is 23.2. The number of anilines is 2. The summed E-state index contributed by atoms with van der Waals surface area (Å²) in [6.07, 6.45) is 8.63. The van der Waals surface area contributed by atoms with E-state index in [4.69, 9.17) is 14.8 Å². The Morgan fingerprint density at radius 3 is 2.58 bits per heavy atom. The van der Waals surface area contributed by atoms with Crippen molar-refractivity contribution in [3.05, 3.63) is 54.5 Å². The minimum Gasteiger partial charge on any atom is -0.378 e. The third-order valence-electron chi connectivity index (χ3n) is 6.99. The number of benzene rings is 1. The highest BCUT2D eigenvalue weighted by molar-refractivity contribution is 7.98. The Bertz CT molecular complexity index is 1360. The second-order valence-corrected chi connectivity index (χ2v) is 10.1. The van der Waals surface area contributed by atoms with Crippen LogP contribution in [0.1, 0.15) is 25.7 Å². The molecule has 0 radical (unpaired) electrons. The molecule has 2 fully saturated rings. The molecule has 0 unspecified atom stereocenters. The van der Waals surface area contributed by atoms with Crippen molar-refractivity contribution in [1.82, 2.24) is 19.6 Å². The van der Waals surface area contributed by atoms with E-state index in [9.17, 15) is 4.39 Å². The van der Waals surface area contributed by atoms with E-state index in [1.807, 2.05) is 10.6 Å². The molecule has 1 aliphatic heterocycles. The first-order chi connectivity index (χ1) is 17.7. The van der Waals surface area contributed by atoms with Crippen LogP contribution in [0.25, 0.3) is 28.0 Å². The molecule has 186 valence electrons. The Balaban J connectivity index is 1.53. The minimum atomic E-state index is -0.270. The molecule has 3 aromatic heterocycles. The normalized spacial score (nSPS) is 16.7. The number of hydrogen-bond donors (Lipinski definition) is 1. The van der Waals surface area contributed by atoms with E-state index in [1.54, 1.807) is 30.1 Å². The number of ether oxygens (including phenoxy) is 1. The highest BCUT2D eigenvalue weighted by atomic mass is 32.2. The van der Waals surface area contributed by atoms with Gasteiger partial charge in [0.15, 0.2) is 0 Å². The Labute approximate surface area is 214 Å². The van der Waals surface area contributed by atoms with E-state index in [1.165, 1.54) is 25.0 Å². The topological polar surface area (TPSA) is 67.6 Å². The van der Waals surface area contributed by atoms with Gasteiger partial charge in [-0.3, -0.25) is 0 Å². The smallest absolute Gasteiger partial charge is 0.223 e. The second-order valence-electron chi connectivity index (χ2n) is 9.27. The van der Waals surface area contributed by atoms with Crippen LogP contribution >= 0.6 is 11.8 Å². The van der Waals surface area contributed by atoms with Crippen LogP contribution in [0.2, 0.25) is 0 Å². The lowest BCUT2D eigenvalue weighted by atomic mass is 10.0. The molecule has 1 saturated heterocycles. The van der Waals surface area contributed by atoms with E-state index >= 15 is 0 Å². The van der Waals surface area contributed by atoms with Crippen molar-refractivity contribution >= 4 is 28.9 Å². The number of rotatable bonds is 6. The van der Waals surface area contributed by atoms with Gasteiger partial charge >= 0.3 is 0 Å². The number of nitrogens with zero attached hydrogens (tertiary/aromatic N) is 5. The molecule has 1 saturated carbocycles. The van der Waals surface area contributed by atoms with Gasteiger partial charge < -0.3 is 15.0 Å². The van der Waals surface area contributed by atoms with Crippen LogP contribution in [-0.2, 0) is 4.74 Å². The van der Waals surface area contributed by atoms with Gasteiger partial charge in [0.1, 0.15) is 16.5 Å². The summed E-state index contributed by atoms with van der Waals surface area (Å²) in [7, 11) is 0. The largest absolute Gasteiger partial charge is 0.378 e. The van der Waals surface area contributed by atoms with Crippen LogP contribution in [0.5, 0.6) is 0 Å². The van der Waals surface area contributed by atoms with Crippen LogP contribution in [0.15, 0.2) is 53.7 Å². The molecule has 4 heterocycles.